The van der Waals surface area contributed by atoms with Crippen molar-refractivity contribution >= 4 is 23.4 Å². The third kappa shape index (κ3) is 6.75. The van der Waals surface area contributed by atoms with Crippen molar-refractivity contribution in [2.45, 2.75) is 45.5 Å². The van der Waals surface area contributed by atoms with Crippen LogP contribution in [0.4, 0.5) is 5.69 Å². The maximum Gasteiger partial charge on any atom is 0.234 e. The standard InChI is InChI=1S/C24H30N4O3S/c1-5-18-6-10-21(11-7-18)31-15-22-26-27-24(28(22)14-17(2)3)32-16-23(29)25-19-8-12-20(30-4)13-9-19/h6-13,17H,5,14-16H2,1-4H3,(H,25,29). The molecule has 8 heteroatoms. The van der Waals surface area contributed by atoms with Gasteiger partial charge in [-0.2, -0.15) is 0 Å². The predicted octanol–water partition coefficient (Wildman–Crippen LogP) is 4.81. The Labute approximate surface area is 193 Å². The van der Waals surface area contributed by atoms with Crippen molar-refractivity contribution in [3.05, 3.63) is 59.9 Å². The summed E-state index contributed by atoms with van der Waals surface area (Å²) in [4.78, 5) is 12.4. The Morgan fingerprint density at radius 1 is 1.06 bits per heavy atom. The molecule has 3 aromatic rings. The van der Waals surface area contributed by atoms with E-state index in [1.807, 2.05) is 41.0 Å². The van der Waals surface area contributed by atoms with Crippen LogP contribution in [0.2, 0.25) is 0 Å². The van der Waals surface area contributed by atoms with E-state index in [9.17, 15) is 4.79 Å². The van der Waals surface area contributed by atoms with Crippen LogP contribution >= 0.6 is 11.8 Å². The lowest BCUT2D eigenvalue weighted by atomic mass is 10.2. The Hall–Kier alpha value is -3.00. The number of nitrogens with zero attached hydrogens (tertiary/aromatic N) is 3. The number of nitrogens with one attached hydrogen (secondary N) is 1. The minimum atomic E-state index is -0.104. The monoisotopic (exact) mass is 454 g/mol. The summed E-state index contributed by atoms with van der Waals surface area (Å²) < 4.78 is 13.1. The lowest BCUT2D eigenvalue weighted by Gasteiger charge is -2.13. The third-order valence-electron chi connectivity index (χ3n) is 4.75. The second kappa shape index (κ2) is 11.6. The number of amides is 1. The van der Waals surface area contributed by atoms with Gasteiger partial charge in [-0.15, -0.1) is 10.2 Å². The van der Waals surface area contributed by atoms with E-state index in [0.717, 1.165) is 36.0 Å². The SMILES string of the molecule is CCc1ccc(OCc2nnc(SCC(=O)Nc3ccc(OC)cc3)n2CC(C)C)cc1. The summed E-state index contributed by atoms with van der Waals surface area (Å²) in [5, 5.41) is 12.2. The molecule has 3 rings (SSSR count). The van der Waals surface area contributed by atoms with Crippen LogP contribution in [-0.2, 0) is 24.4 Å². The zero-order chi connectivity index (χ0) is 22.9. The van der Waals surface area contributed by atoms with Gasteiger partial charge in [-0.25, -0.2) is 0 Å². The molecule has 0 atom stereocenters. The number of aryl methyl sites for hydroxylation is 1. The largest absolute Gasteiger partial charge is 0.497 e. The molecule has 32 heavy (non-hydrogen) atoms. The smallest absolute Gasteiger partial charge is 0.234 e. The number of thioether (sulfide) groups is 1. The summed E-state index contributed by atoms with van der Waals surface area (Å²) in [7, 11) is 1.61. The molecule has 1 N–H and O–H groups in total. The molecular weight excluding hydrogens is 424 g/mol. The van der Waals surface area contributed by atoms with Gasteiger partial charge in [0.2, 0.25) is 5.91 Å². The first-order chi connectivity index (χ1) is 15.5. The highest BCUT2D eigenvalue weighted by atomic mass is 32.2. The summed E-state index contributed by atoms with van der Waals surface area (Å²) in [6, 6.07) is 15.3. The number of aromatic nitrogens is 3. The van der Waals surface area contributed by atoms with Gasteiger partial charge in [0, 0.05) is 12.2 Å². The molecule has 0 spiro atoms. The fraction of sp³-hybridized carbons (Fsp3) is 0.375. The van der Waals surface area contributed by atoms with Crippen LogP contribution in [0.25, 0.3) is 0 Å². The van der Waals surface area contributed by atoms with Crippen LogP contribution < -0.4 is 14.8 Å². The van der Waals surface area contributed by atoms with E-state index in [4.69, 9.17) is 9.47 Å². The average Bonchev–Trinajstić information content (AvgIpc) is 3.17. The summed E-state index contributed by atoms with van der Waals surface area (Å²) in [5.74, 6) is 2.83. The first-order valence-corrected chi connectivity index (χ1v) is 11.7. The number of rotatable bonds is 11. The van der Waals surface area contributed by atoms with Crippen LogP contribution in [0, 0.1) is 5.92 Å². The van der Waals surface area contributed by atoms with Crippen LogP contribution in [0.5, 0.6) is 11.5 Å². The third-order valence-corrected chi connectivity index (χ3v) is 5.71. The van der Waals surface area contributed by atoms with E-state index < -0.39 is 0 Å². The zero-order valence-corrected chi connectivity index (χ0v) is 19.8. The molecule has 7 nitrogen and oxygen atoms in total. The lowest BCUT2D eigenvalue weighted by Crippen LogP contribution is -2.16. The molecule has 0 radical (unpaired) electrons. The molecule has 2 aromatic carbocycles. The van der Waals surface area contributed by atoms with Gasteiger partial charge in [0.15, 0.2) is 11.0 Å². The van der Waals surface area contributed by atoms with Gasteiger partial charge in [0.05, 0.1) is 12.9 Å². The van der Waals surface area contributed by atoms with E-state index >= 15 is 0 Å². The first kappa shape index (κ1) is 23.7. The van der Waals surface area contributed by atoms with Crippen molar-refractivity contribution in [2.75, 3.05) is 18.2 Å². The van der Waals surface area contributed by atoms with E-state index in [-0.39, 0.29) is 11.7 Å². The lowest BCUT2D eigenvalue weighted by molar-refractivity contribution is -0.113. The van der Waals surface area contributed by atoms with Gasteiger partial charge >= 0.3 is 0 Å². The van der Waals surface area contributed by atoms with Crippen molar-refractivity contribution in [1.82, 2.24) is 14.8 Å². The Kier molecular flexibility index (Phi) is 8.56. The van der Waals surface area contributed by atoms with Crippen LogP contribution in [0.15, 0.2) is 53.7 Å². The number of carbonyl (C=O) groups excluding carboxylic acids is 1. The summed E-state index contributed by atoms with van der Waals surface area (Å²) >= 11 is 1.37. The normalized spacial score (nSPS) is 10.9. The number of ether oxygens (including phenoxy) is 2. The van der Waals surface area contributed by atoms with Gasteiger partial charge < -0.3 is 19.4 Å². The number of hydrogen-bond donors (Lipinski definition) is 1. The van der Waals surface area contributed by atoms with Crippen LogP contribution in [-0.4, -0.2) is 33.5 Å². The molecular formula is C24H30N4O3S. The van der Waals surface area contributed by atoms with Gasteiger partial charge in [0.25, 0.3) is 0 Å². The summed E-state index contributed by atoms with van der Waals surface area (Å²) in [5.41, 5.74) is 2.00. The predicted molar refractivity (Wildman–Crippen MR) is 127 cm³/mol. The molecule has 0 saturated carbocycles. The molecule has 0 aliphatic rings. The fourth-order valence-corrected chi connectivity index (χ4v) is 3.82. The topological polar surface area (TPSA) is 78.3 Å². The number of methoxy groups -OCH3 is 1. The highest BCUT2D eigenvalue weighted by Gasteiger charge is 2.16. The molecule has 0 fully saturated rings. The molecule has 1 amide bonds. The quantitative estimate of drug-likeness (QED) is 0.419. The molecule has 0 unspecified atom stereocenters. The molecule has 0 bridgehead atoms. The van der Waals surface area contributed by atoms with E-state index in [2.05, 4.69) is 48.4 Å². The second-order valence-electron chi connectivity index (χ2n) is 7.75. The maximum atomic E-state index is 12.4. The van der Waals surface area contributed by atoms with E-state index in [1.165, 1.54) is 17.3 Å². The Bertz CT molecular complexity index is 1000. The Balaban J connectivity index is 1.61. The minimum Gasteiger partial charge on any atom is -0.497 e. The molecule has 1 aromatic heterocycles. The molecule has 0 aliphatic heterocycles. The van der Waals surface area contributed by atoms with E-state index in [1.54, 1.807) is 7.11 Å². The molecule has 1 heterocycles. The molecule has 0 aliphatic carbocycles. The summed E-state index contributed by atoms with van der Waals surface area (Å²) in [6.07, 6.45) is 0.996. The fourth-order valence-electron chi connectivity index (χ4n) is 3.05. The Morgan fingerprint density at radius 3 is 2.38 bits per heavy atom. The van der Waals surface area contributed by atoms with Gasteiger partial charge in [-0.3, -0.25) is 4.79 Å². The summed E-state index contributed by atoms with van der Waals surface area (Å²) in [6.45, 7) is 7.48. The van der Waals surface area contributed by atoms with E-state index in [0.29, 0.717) is 17.7 Å². The highest BCUT2D eigenvalue weighted by Crippen LogP contribution is 2.21. The number of anilines is 1. The maximum absolute atomic E-state index is 12.4. The average molecular weight is 455 g/mol. The zero-order valence-electron chi connectivity index (χ0n) is 19.0. The van der Waals surface area contributed by atoms with Crippen molar-refractivity contribution in [3.63, 3.8) is 0 Å². The minimum absolute atomic E-state index is 0.104. The van der Waals surface area contributed by atoms with Crippen molar-refractivity contribution in [1.29, 1.82) is 0 Å². The second-order valence-corrected chi connectivity index (χ2v) is 8.70. The first-order valence-electron chi connectivity index (χ1n) is 10.7. The van der Waals surface area contributed by atoms with Crippen LogP contribution in [0.3, 0.4) is 0 Å². The van der Waals surface area contributed by atoms with Gasteiger partial charge in [-0.1, -0.05) is 44.7 Å². The number of hydrogen-bond acceptors (Lipinski definition) is 6. The van der Waals surface area contributed by atoms with Crippen molar-refractivity contribution in [3.8, 4) is 11.5 Å². The van der Waals surface area contributed by atoms with Crippen LogP contribution in [0.1, 0.15) is 32.2 Å². The number of carbonyl (C=O) groups is 1. The molecule has 0 saturated heterocycles. The van der Waals surface area contributed by atoms with Crippen molar-refractivity contribution in [2.24, 2.45) is 5.92 Å². The molecule has 170 valence electrons. The van der Waals surface area contributed by atoms with Crippen molar-refractivity contribution < 1.29 is 14.3 Å². The Morgan fingerprint density at radius 2 is 1.75 bits per heavy atom. The highest BCUT2D eigenvalue weighted by molar-refractivity contribution is 7.99. The van der Waals surface area contributed by atoms with Gasteiger partial charge in [0.1, 0.15) is 18.1 Å². The number of benzene rings is 2. The van der Waals surface area contributed by atoms with Gasteiger partial charge in [-0.05, 0) is 54.3 Å².